The van der Waals surface area contributed by atoms with Crippen LogP contribution in [-0.2, 0) is 16.6 Å². The standard InChI is InChI=1S/C20H18ClFN2O3S2/c1-13(20-3-2-8-28-20)9-19(25)18-7-4-14(11-23-18)12-24-29(26,27)15-5-6-17(22)16(21)10-15/h2-8,10-11,13,24H,9,12H2,1H3. The highest BCUT2D eigenvalue weighted by Crippen LogP contribution is 2.25. The number of hydrogen-bond acceptors (Lipinski definition) is 5. The van der Waals surface area contributed by atoms with Crippen LogP contribution < -0.4 is 4.72 Å². The van der Waals surface area contributed by atoms with Gasteiger partial charge in [0.1, 0.15) is 11.5 Å². The number of nitrogens with one attached hydrogen (secondary N) is 1. The molecule has 0 radical (unpaired) electrons. The van der Waals surface area contributed by atoms with Gasteiger partial charge in [-0.2, -0.15) is 0 Å². The van der Waals surface area contributed by atoms with Gasteiger partial charge in [0.15, 0.2) is 5.78 Å². The summed E-state index contributed by atoms with van der Waals surface area (Å²) in [6, 6.07) is 10.4. The first kappa shape index (κ1) is 21.6. The number of Topliss-reactive ketones (excluding diaryl/α,β-unsaturated/α-hetero) is 1. The highest BCUT2D eigenvalue weighted by atomic mass is 35.5. The Morgan fingerprint density at radius 1 is 1.28 bits per heavy atom. The van der Waals surface area contributed by atoms with Gasteiger partial charge in [-0.1, -0.05) is 30.7 Å². The Morgan fingerprint density at radius 2 is 2.07 bits per heavy atom. The lowest BCUT2D eigenvalue weighted by Crippen LogP contribution is -2.23. The molecule has 29 heavy (non-hydrogen) atoms. The van der Waals surface area contributed by atoms with Crippen molar-refractivity contribution in [2.45, 2.75) is 30.7 Å². The Morgan fingerprint density at radius 3 is 2.69 bits per heavy atom. The molecule has 0 aliphatic carbocycles. The first-order valence-electron chi connectivity index (χ1n) is 8.72. The van der Waals surface area contributed by atoms with Crippen molar-refractivity contribution in [1.82, 2.24) is 9.71 Å². The lowest BCUT2D eigenvalue weighted by Gasteiger charge is -2.09. The Bertz CT molecular complexity index is 1100. The van der Waals surface area contributed by atoms with Gasteiger partial charge in [-0.05, 0) is 47.2 Å². The van der Waals surface area contributed by atoms with Gasteiger partial charge in [-0.25, -0.2) is 17.5 Å². The Hall–Kier alpha value is -2.13. The molecule has 0 aliphatic heterocycles. The first-order valence-corrected chi connectivity index (χ1v) is 11.5. The molecule has 0 saturated heterocycles. The van der Waals surface area contributed by atoms with E-state index in [2.05, 4.69) is 9.71 Å². The van der Waals surface area contributed by atoms with Crippen molar-refractivity contribution in [1.29, 1.82) is 0 Å². The van der Waals surface area contributed by atoms with Gasteiger partial charge in [-0.15, -0.1) is 11.3 Å². The number of carbonyl (C=O) groups excluding carboxylic acids is 1. The molecule has 2 aromatic heterocycles. The second kappa shape index (κ2) is 9.13. The molecule has 1 aromatic carbocycles. The van der Waals surface area contributed by atoms with Gasteiger partial charge < -0.3 is 0 Å². The number of nitrogens with zero attached hydrogens (tertiary/aromatic N) is 1. The lowest BCUT2D eigenvalue weighted by atomic mass is 10.0. The average Bonchev–Trinajstić information content (AvgIpc) is 3.24. The maximum atomic E-state index is 13.2. The molecule has 3 rings (SSSR count). The van der Waals surface area contributed by atoms with Crippen molar-refractivity contribution in [3.8, 4) is 0 Å². The zero-order valence-corrected chi connectivity index (χ0v) is 17.8. The fraction of sp³-hybridized carbons (Fsp3) is 0.200. The molecule has 2 heterocycles. The van der Waals surface area contributed by atoms with E-state index in [1.165, 1.54) is 6.20 Å². The number of pyridine rings is 1. The molecule has 0 spiro atoms. The Balaban J connectivity index is 1.61. The van der Waals surface area contributed by atoms with E-state index in [0.717, 1.165) is 23.1 Å². The molecule has 5 nitrogen and oxygen atoms in total. The van der Waals surface area contributed by atoms with E-state index >= 15 is 0 Å². The molecule has 0 fully saturated rings. The van der Waals surface area contributed by atoms with Crippen LogP contribution in [-0.4, -0.2) is 19.2 Å². The van der Waals surface area contributed by atoms with Crippen LogP contribution in [0.2, 0.25) is 5.02 Å². The monoisotopic (exact) mass is 452 g/mol. The summed E-state index contributed by atoms with van der Waals surface area (Å²) in [4.78, 5) is 17.6. The number of halogens is 2. The highest BCUT2D eigenvalue weighted by molar-refractivity contribution is 7.89. The zero-order chi connectivity index (χ0) is 21.0. The van der Waals surface area contributed by atoms with E-state index in [1.54, 1.807) is 23.5 Å². The van der Waals surface area contributed by atoms with Crippen LogP contribution in [0, 0.1) is 5.82 Å². The van der Waals surface area contributed by atoms with Crippen LogP contribution in [0.4, 0.5) is 4.39 Å². The van der Waals surface area contributed by atoms with Crippen LogP contribution in [0.15, 0.2) is 58.9 Å². The van der Waals surface area contributed by atoms with E-state index < -0.39 is 15.8 Å². The van der Waals surface area contributed by atoms with Crippen molar-refractivity contribution >= 4 is 38.7 Å². The minimum absolute atomic E-state index is 0.0234. The summed E-state index contributed by atoms with van der Waals surface area (Å²) in [6.07, 6.45) is 1.81. The SMILES string of the molecule is CC(CC(=O)c1ccc(CNS(=O)(=O)c2ccc(F)c(Cl)c2)cn1)c1cccs1. The predicted octanol–water partition coefficient (Wildman–Crippen LogP) is 4.79. The van der Waals surface area contributed by atoms with Crippen molar-refractivity contribution < 1.29 is 17.6 Å². The third kappa shape index (κ3) is 5.48. The number of benzene rings is 1. The summed E-state index contributed by atoms with van der Waals surface area (Å²) >= 11 is 7.26. The summed E-state index contributed by atoms with van der Waals surface area (Å²) in [5, 5.41) is 1.71. The van der Waals surface area contributed by atoms with E-state index in [1.807, 2.05) is 24.4 Å². The Kier molecular flexibility index (Phi) is 6.79. The molecule has 1 atom stereocenters. The minimum Gasteiger partial charge on any atom is -0.292 e. The number of rotatable bonds is 8. The second-order valence-corrected chi connectivity index (χ2v) is 9.65. The second-order valence-electron chi connectivity index (χ2n) is 6.50. The van der Waals surface area contributed by atoms with Gasteiger partial charge in [0.25, 0.3) is 0 Å². The topological polar surface area (TPSA) is 76.1 Å². The predicted molar refractivity (Wildman–Crippen MR) is 111 cm³/mol. The summed E-state index contributed by atoms with van der Waals surface area (Å²) < 4.78 is 40.2. The van der Waals surface area contributed by atoms with Gasteiger partial charge in [0.05, 0.1) is 9.92 Å². The van der Waals surface area contributed by atoms with Gasteiger partial charge in [0, 0.05) is 24.0 Å². The van der Waals surface area contributed by atoms with E-state index in [4.69, 9.17) is 11.6 Å². The highest BCUT2D eigenvalue weighted by Gasteiger charge is 2.17. The van der Waals surface area contributed by atoms with Crippen LogP contribution in [0.5, 0.6) is 0 Å². The summed E-state index contributed by atoms with van der Waals surface area (Å²) in [7, 11) is -3.86. The normalized spacial score (nSPS) is 12.7. The number of thiophene rings is 1. The molecular formula is C20H18ClFN2O3S2. The smallest absolute Gasteiger partial charge is 0.240 e. The number of carbonyl (C=O) groups is 1. The van der Waals surface area contributed by atoms with Gasteiger partial charge in [-0.3, -0.25) is 9.78 Å². The van der Waals surface area contributed by atoms with Crippen LogP contribution in [0.3, 0.4) is 0 Å². The van der Waals surface area contributed by atoms with Crippen molar-refractivity contribution in [3.63, 3.8) is 0 Å². The quantitative estimate of drug-likeness (QED) is 0.498. The largest absolute Gasteiger partial charge is 0.292 e. The molecular weight excluding hydrogens is 435 g/mol. The van der Waals surface area contributed by atoms with Crippen molar-refractivity contribution in [2.24, 2.45) is 0 Å². The number of ketones is 1. The molecule has 0 amide bonds. The minimum atomic E-state index is -3.86. The summed E-state index contributed by atoms with van der Waals surface area (Å²) in [5.74, 6) is -0.652. The Labute approximate surface area is 177 Å². The van der Waals surface area contributed by atoms with Crippen LogP contribution in [0.1, 0.15) is 40.2 Å². The summed E-state index contributed by atoms with van der Waals surface area (Å²) in [6.45, 7) is 1.97. The maximum absolute atomic E-state index is 13.2. The van der Waals surface area contributed by atoms with Crippen LogP contribution in [0.25, 0.3) is 0 Å². The lowest BCUT2D eigenvalue weighted by molar-refractivity contribution is 0.0971. The number of sulfonamides is 1. The molecule has 0 saturated carbocycles. The molecule has 1 N–H and O–H groups in total. The fourth-order valence-corrected chi connectivity index (χ4v) is 4.73. The molecule has 3 aromatic rings. The molecule has 152 valence electrons. The van der Waals surface area contributed by atoms with E-state index in [9.17, 15) is 17.6 Å². The van der Waals surface area contributed by atoms with E-state index in [-0.39, 0.29) is 28.2 Å². The van der Waals surface area contributed by atoms with E-state index in [0.29, 0.717) is 17.7 Å². The maximum Gasteiger partial charge on any atom is 0.240 e. The third-order valence-electron chi connectivity index (χ3n) is 4.30. The zero-order valence-electron chi connectivity index (χ0n) is 15.4. The van der Waals surface area contributed by atoms with Gasteiger partial charge >= 0.3 is 0 Å². The van der Waals surface area contributed by atoms with Gasteiger partial charge in [0.2, 0.25) is 10.0 Å². The molecule has 0 aliphatic rings. The molecule has 9 heteroatoms. The fourth-order valence-electron chi connectivity index (χ4n) is 2.65. The van der Waals surface area contributed by atoms with Crippen molar-refractivity contribution in [3.05, 3.63) is 81.0 Å². The van der Waals surface area contributed by atoms with Crippen molar-refractivity contribution in [2.75, 3.05) is 0 Å². The third-order valence-corrected chi connectivity index (χ3v) is 7.09. The first-order chi connectivity index (χ1) is 13.8. The van der Waals surface area contributed by atoms with Crippen LogP contribution >= 0.6 is 22.9 Å². The number of hydrogen-bond donors (Lipinski definition) is 1. The molecule has 1 unspecified atom stereocenters. The molecule has 0 bridgehead atoms. The summed E-state index contributed by atoms with van der Waals surface area (Å²) in [5.41, 5.74) is 0.926. The average molecular weight is 453 g/mol. The number of aromatic nitrogens is 1.